The van der Waals surface area contributed by atoms with E-state index in [1.54, 1.807) is 19.3 Å². The van der Waals surface area contributed by atoms with Gasteiger partial charge in [-0.1, -0.05) is 6.08 Å². The Hall–Kier alpha value is -3.20. The van der Waals surface area contributed by atoms with Crippen LogP contribution < -0.4 is 15.8 Å². The Morgan fingerprint density at radius 1 is 1.28 bits per heavy atom. The van der Waals surface area contributed by atoms with Gasteiger partial charge in [0, 0.05) is 57.1 Å². The molecule has 4 rings (SSSR count). The summed E-state index contributed by atoms with van der Waals surface area (Å²) in [4.78, 5) is 42.7. The van der Waals surface area contributed by atoms with E-state index in [4.69, 9.17) is 0 Å². The van der Waals surface area contributed by atoms with E-state index in [2.05, 4.69) is 25.2 Å². The maximum atomic E-state index is 12.8. The first-order valence-corrected chi connectivity index (χ1v) is 11.0. The third kappa shape index (κ3) is 5.16. The summed E-state index contributed by atoms with van der Waals surface area (Å²) < 4.78 is 0. The van der Waals surface area contributed by atoms with E-state index < -0.39 is 0 Å². The predicted octanol–water partition coefficient (Wildman–Crippen LogP) is 1.42. The normalized spacial score (nSPS) is 16.4. The molecule has 32 heavy (non-hydrogen) atoms. The number of aromatic nitrogens is 3. The molecule has 0 aromatic carbocycles. The standard InChI is InChI=1S/C23H31N7O2/c1-24-21-10-19(26-15-27-21)17-9-20(23(32)25-11-17)30(12-16-6-7-16)18-13-29(14-18)22(31)5-4-8-28(2)3/h4-5,9-11,15-16,18H,6-8,12-14H2,1-3H3,(H,25,32)(H,24,26,27)/b5-4+. The molecule has 170 valence electrons. The Balaban J connectivity index is 1.52. The van der Waals surface area contributed by atoms with Gasteiger partial charge in [0.15, 0.2) is 0 Å². The first-order chi connectivity index (χ1) is 15.4. The fourth-order valence-corrected chi connectivity index (χ4v) is 3.81. The maximum absolute atomic E-state index is 12.8. The van der Waals surface area contributed by atoms with Crippen LogP contribution in [-0.2, 0) is 4.79 Å². The average molecular weight is 438 g/mol. The minimum absolute atomic E-state index is 0.0257. The fraction of sp³-hybridized carbons (Fsp3) is 0.478. The summed E-state index contributed by atoms with van der Waals surface area (Å²) in [6.45, 7) is 2.82. The largest absolute Gasteiger partial charge is 0.373 e. The molecular formula is C23H31N7O2. The second-order valence-electron chi connectivity index (χ2n) is 8.80. The third-order valence-electron chi connectivity index (χ3n) is 5.91. The molecule has 1 saturated heterocycles. The quantitative estimate of drug-likeness (QED) is 0.573. The predicted molar refractivity (Wildman–Crippen MR) is 126 cm³/mol. The van der Waals surface area contributed by atoms with Gasteiger partial charge in [-0.05, 0) is 38.9 Å². The summed E-state index contributed by atoms with van der Waals surface area (Å²) in [5, 5.41) is 3.01. The lowest BCUT2D eigenvalue weighted by Crippen LogP contribution is -2.62. The van der Waals surface area contributed by atoms with E-state index in [0.717, 1.165) is 24.3 Å². The highest BCUT2D eigenvalue weighted by Crippen LogP contribution is 2.33. The van der Waals surface area contributed by atoms with Crippen LogP contribution in [0.4, 0.5) is 11.5 Å². The van der Waals surface area contributed by atoms with Crippen LogP contribution in [0.15, 0.2) is 41.6 Å². The lowest BCUT2D eigenvalue weighted by molar-refractivity contribution is -0.130. The highest BCUT2D eigenvalue weighted by molar-refractivity contribution is 5.88. The van der Waals surface area contributed by atoms with Crippen LogP contribution in [0.5, 0.6) is 0 Å². The SMILES string of the molecule is CNc1cc(-c2c[nH]c(=O)c(N(CC3CC3)C3CN(C(=O)/C=C/CN(C)C)C3)c2)ncn1. The summed E-state index contributed by atoms with van der Waals surface area (Å²) in [5.41, 5.74) is 2.09. The Morgan fingerprint density at radius 3 is 2.75 bits per heavy atom. The van der Waals surface area contributed by atoms with Gasteiger partial charge in [0.1, 0.15) is 17.8 Å². The minimum atomic E-state index is -0.118. The van der Waals surface area contributed by atoms with Crippen molar-refractivity contribution in [2.24, 2.45) is 5.92 Å². The van der Waals surface area contributed by atoms with Crippen molar-refractivity contribution in [3.63, 3.8) is 0 Å². The number of nitrogens with zero attached hydrogens (tertiary/aromatic N) is 5. The molecule has 1 aliphatic heterocycles. The highest BCUT2D eigenvalue weighted by atomic mass is 16.2. The molecule has 9 heteroatoms. The molecule has 1 amide bonds. The smallest absolute Gasteiger partial charge is 0.271 e. The van der Waals surface area contributed by atoms with Crippen molar-refractivity contribution in [2.45, 2.75) is 18.9 Å². The first-order valence-electron chi connectivity index (χ1n) is 11.0. The zero-order chi connectivity index (χ0) is 22.7. The number of pyridine rings is 1. The van der Waals surface area contributed by atoms with Crippen LogP contribution in [0.25, 0.3) is 11.3 Å². The number of carbonyl (C=O) groups is 1. The van der Waals surface area contributed by atoms with Gasteiger partial charge in [-0.25, -0.2) is 9.97 Å². The number of likely N-dealkylation sites (tertiary alicyclic amines) is 1. The molecule has 0 atom stereocenters. The van der Waals surface area contributed by atoms with Crippen LogP contribution in [0, 0.1) is 5.92 Å². The summed E-state index contributed by atoms with van der Waals surface area (Å²) in [5.74, 6) is 1.35. The number of rotatable bonds is 9. The molecule has 2 aliphatic rings. The van der Waals surface area contributed by atoms with Crippen LogP contribution in [-0.4, -0.2) is 84.0 Å². The van der Waals surface area contributed by atoms with Gasteiger partial charge in [0.2, 0.25) is 5.91 Å². The zero-order valence-electron chi connectivity index (χ0n) is 18.9. The molecule has 2 aromatic rings. The number of anilines is 2. The van der Waals surface area contributed by atoms with Crippen LogP contribution >= 0.6 is 0 Å². The summed E-state index contributed by atoms with van der Waals surface area (Å²) in [6, 6.07) is 3.90. The van der Waals surface area contributed by atoms with Gasteiger partial charge >= 0.3 is 0 Å². The van der Waals surface area contributed by atoms with E-state index in [-0.39, 0.29) is 17.5 Å². The topological polar surface area (TPSA) is 97.5 Å². The minimum Gasteiger partial charge on any atom is -0.373 e. The Morgan fingerprint density at radius 2 is 2.06 bits per heavy atom. The number of hydrogen-bond donors (Lipinski definition) is 2. The Bertz CT molecular complexity index is 1040. The van der Waals surface area contributed by atoms with E-state index in [1.807, 2.05) is 42.1 Å². The molecule has 1 aliphatic carbocycles. The van der Waals surface area contributed by atoms with Crippen molar-refractivity contribution in [2.75, 3.05) is 57.5 Å². The molecule has 0 spiro atoms. The van der Waals surface area contributed by atoms with Crippen LogP contribution in [0.2, 0.25) is 0 Å². The zero-order valence-corrected chi connectivity index (χ0v) is 18.9. The van der Waals surface area contributed by atoms with Crippen LogP contribution in [0.1, 0.15) is 12.8 Å². The molecule has 2 N–H and O–H groups in total. The van der Waals surface area contributed by atoms with Gasteiger partial charge in [-0.15, -0.1) is 0 Å². The van der Waals surface area contributed by atoms with Crippen molar-refractivity contribution < 1.29 is 4.79 Å². The number of aromatic amines is 1. The third-order valence-corrected chi connectivity index (χ3v) is 5.91. The van der Waals surface area contributed by atoms with Crippen molar-refractivity contribution in [1.29, 1.82) is 0 Å². The number of likely N-dealkylation sites (N-methyl/N-ethyl adjacent to an activating group) is 1. The van der Waals surface area contributed by atoms with Gasteiger partial charge < -0.3 is 25.0 Å². The summed E-state index contributed by atoms with van der Waals surface area (Å²) in [7, 11) is 5.75. The molecule has 0 radical (unpaired) electrons. The van der Waals surface area contributed by atoms with Gasteiger partial charge in [-0.2, -0.15) is 0 Å². The first kappa shape index (κ1) is 22.0. The van der Waals surface area contributed by atoms with Crippen molar-refractivity contribution in [3.8, 4) is 11.3 Å². The van der Waals surface area contributed by atoms with Gasteiger partial charge in [0.25, 0.3) is 5.56 Å². The van der Waals surface area contributed by atoms with Crippen molar-refractivity contribution >= 4 is 17.4 Å². The van der Waals surface area contributed by atoms with E-state index >= 15 is 0 Å². The highest BCUT2D eigenvalue weighted by Gasteiger charge is 2.37. The monoisotopic (exact) mass is 437 g/mol. The molecular weight excluding hydrogens is 406 g/mol. The molecule has 9 nitrogen and oxygen atoms in total. The van der Waals surface area contributed by atoms with Crippen molar-refractivity contribution in [1.82, 2.24) is 24.8 Å². The molecule has 2 aromatic heterocycles. The van der Waals surface area contributed by atoms with E-state index in [1.165, 1.54) is 19.2 Å². The fourth-order valence-electron chi connectivity index (χ4n) is 3.81. The maximum Gasteiger partial charge on any atom is 0.271 e. The molecule has 3 heterocycles. The molecule has 0 bridgehead atoms. The lowest BCUT2D eigenvalue weighted by atomic mass is 10.0. The lowest BCUT2D eigenvalue weighted by Gasteiger charge is -2.46. The average Bonchev–Trinajstić information content (AvgIpc) is 3.56. The molecule has 1 saturated carbocycles. The van der Waals surface area contributed by atoms with Gasteiger partial charge in [0.05, 0.1) is 11.7 Å². The number of carbonyl (C=O) groups excluding carboxylic acids is 1. The van der Waals surface area contributed by atoms with Crippen LogP contribution in [0.3, 0.4) is 0 Å². The number of hydrogen-bond acceptors (Lipinski definition) is 7. The van der Waals surface area contributed by atoms with E-state index in [0.29, 0.717) is 30.5 Å². The Labute approximate surface area is 188 Å². The molecule has 2 fully saturated rings. The van der Waals surface area contributed by atoms with E-state index in [9.17, 15) is 9.59 Å². The summed E-state index contributed by atoms with van der Waals surface area (Å²) in [6.07, 6.45) is 9.10. The molecule has 0 unspecified atom stereocenters. The van der Waals surface area contributed by atoms with Crippen molar-refractivity contribution in [3.05, 3.63) is 47.2 Å². The summed E-state index contributed by atoms with van der Waals surface area (Å²) >= 11 is 0. The van der Waals surface area contributed by atoms with Gasteiger partial charge in [-0.3, -0.25) is 9.59 Å². The Kier molecular flexibility index (Phi) is 6.55. The second kappa shape index (κ2) is 9.52. The number of nitrogens with one attached hydrogen (secondary N) is 2. The number of amides is 1. The number of H-pyrrole nitrogens is 1. The second-order valence-corrected chi connectivity index (χ2v) is 8.80.